The third-order valence-electron chi connectivity index (χ3n) is 3.01. The molecule has 0 aromatic rings. The Morgan fingerprint density at radius 2 is 1.30 bits per heavy atom. The van der Waals surface area contributed by atoms with Crippen molar-refractivity contribution in [2.75, 3.05) is 11.5 Å². The summed E-state index contributed by atoms with van der Waals surface area (Å²) in [6.45, 7) is 0. The topological polar surface area (TPSA) is 23.1 Å². The summed E-state index contributed by atoms with van der Waals surface area (Å²) < 4.78 is 10.5. The number of hydrogen-bond donors (Lipinski definition) is 0. The van der Waals surface area contributed by atoms with Gasteiger partial charge in [-0.25, -0.2) is 0 Å². The van der Waals surface area contributed by atoms with Crippen LogP contribution in [-0.4, -0.2) is 24.7 Å². The Balaban J connectivity index is 1.84. The van der Waals surface area contributed by atoms with Crippen LogP contribution in [0.4, 0.5) is 0 Å². The summed E-state index contributed by atoms with van der Waals surface area (Å²) in [7, 11) is 0. The molecule has 0 radical (unpaired) electrons. The third kappa shape index (κ3) is 5.32. The standard InChI is InChI=1S/C14H14Cl4OS/c15-13(16)5-1-11(2-6-13)9-20(19)10-12-3-7-14(17,18)8-4-12/h1-5,7H,6,8-10H2. The van der Waals surface area contributed by atoms with E-state index in [1.54, 1.807) is 12.2 Å². The number of halogens is 4. The van der Waals surface area contributed by atoms with Crippen molar-refractivity contribution >= 4 is 57.6 Å². The van der Waals surface area contributed by atoms with Crippen molar-refractivity contribution in [2.45, 2.75) is 21.5 Å². The first-order valence-electron chi connectivity index (χ1n) is 6.13. The van der Waals surface area contributed by atoms with Gasteiger partial charge in [-0.05, 0) is 34.5 Å². The first-order valence-corrected chi connectivity index (χ1v) is 9.13. The Morgan fingerprint density at radius 1 is 0.900 bits per heavy atom. The normalized spacial score (nSPS) is 23.7. The lowest BCUT2D eigenvalue weighted by molar-refractivity contribution is 0.599. The van der Waals surface area contributed by atoms with Gasteiger partial charge in [-0.2, -0.15) is 0 Å². The molecule has 0 N–H and O–H groups in total. The lowest BCUT2D eigenvalue weighted by Gasteiger charge is -2.21. The van der Waals surface area contributed by atoms with Crippen LogP contribution in [0.15, 0.2) is 47.6 Å². The second-order valence-electron chi connectivity index (χ2n) is 4.88. The molecule has 0 amide bonds. The van der Waals surface area contributed by atoms with Crippen LogP contribution < -0.4 is 0 Å². The van der Waals surface area contributed by atoms with Gasteiger partial charge in [0.05, 0.1) is 0 Å². The predicted molar refractivity (Wildman–Crippen MR) is 90.4 cm³/mol. The van der Waals surface area contributed by atoms with Gasteiger partial charge in [-0.3, -0.25) is 0 Å². The summed E-state index contributed by atoms with van der Waals surface area (Å²) in [5.41, 5.74) is 2.01. The molecule has 20 heavy (non-hydrogen) atoms. The lowest BCUT2D eigenvalue weighted by atomic mass is 10.1. The van der Waals surface area contributed by atoms with Gasteiger partial charge in [0.15, 0.2) is 0 Å². The summed E-state index contributed by atoms with van der Waals surface area (Å²) in [5.74, 6) is 0.997. The first kappa shape index (κ1) is 16.8. The maximum absolute atomic E-state index is 12.1. The Morgan fingerprint density at radius 3 is 1.60 bits per heavy atom. The second kappa shape index (κ2) is 6.68. The van der Waals surface area contributed by atoms with E-state index in [1.165, 1.54) is 0 Å². The highest BCUT2D eigenvalue weighted by Gasteiger charge is 2.25. The third-order valence-corrected chi connectivity index (χ3v) is 5.44. The summed E-state index contributed by atoms with van der Waals surface area (Å²) in [4.78, 5) is 0. The van der Waals surface area contributed by atoms with E-state index in [-0.39, 0.29) is 0 Å². The molecular weight excluding hydrogens is 358 g/mol. The zero-order chi connectivity index (χ0) is 14.8. The zero-order valence-electron chi connectivity index (χ0n) is 10.6. The lowest BCUT2D eigenvalue weighted by Crippen LogP contribution is -2.19. The van der Waals surface area contributed by atoms with E-state index in [4.69, 9.17) is 46.4 Å². The van der Waals surface area contributed by atoms with Crippen molar-refractivity contribution in [3.8, 4) is 0 Å². The molecule has 0 saturated heterocycles. The van der Waals surface area contributed by atoms with Crippen molar-refractivity contribution in [3.63, 3.8) is 0 Å². The minimum atomic E-state index is -0.976. The molecule has 2 rings (SSSR count). The molecule has 0 aliphatic heterocycles. The number of rotatable bonds is 4. The van der Waals surface area contributed by atoms with Crippen molar-refractivity contribution in [1.82, 2.24) is 0 Å². The molecule has 2 aliphatic rings. The van der Waals surface area contributed by atoms with Gasteiger partial charge in [-0.15, -0.1) is 0 Å². The van der Waals surface area contributed by atoms with Crippen molar-refractivity contribution in [2.24, 2.45) is 0 Å². The summed E-state index contributed by atoms with van der Waals surface area (Å²) in [5, 5.41) is 0. The number of alkyl halides is 4. The van der Waals surface area contributed by atoms with E-state index in [1.807, 2.05) is 24.3 Å². The summed E-state index contributed by atoms with van der Waals surface area (Å²) in [6, 6.07) is 0. The Kier molecular flexibility index (Phi) is 5.61. The summed E-state index contributed by atoms with van der Waals surface area (Å²) in [6.07, 6.45) is 12.1. The number of hydrogen-bond acceptors (Lipinski definition) is 1. The van der Waals surface area contributed by atoms with Gasteiger partial charge >= 0.3 is 0 Å². The van der Waals surface area contributed by atoms with Gasteiger partial charge in [0.25, 0.3) is 0 Å². The van der Waals surface area contributed by atoms with Crippen LogP contribution in [0.1, 0.15) is 12.8 Å². The van der Waals surface area contributed by atoms with Crippen LogP contribution in [0.3, 0.4) is 0 Å². The monoisotopic (exact) mass is 370 g/mol. The van der Waals surface area contributed by atoms with E-state index < -0.39 is 19.8 Å². The van der Waals surface area contributed by atoms with Crippen LogP contribution >= 0.6 is 46.4 Å². The first-order chi connectivity index (χ1) is 9.26. The van der Waals surface area contributed by atoms with E-state index >= 15 is 0 Å². The molecule has 0 aromatic carbocycles. The average Bonchev–Trinajstić information content (AvgIpc) is 2.35. The summed E-state index contributed by atoms with van der Waals surface area (Å²) >= 11 is 22.9. The SMILES string of the molecule is [O-][S+](CC1=CCC(Cl)(Cl)C=C1)CC1=CCC(Cl)(Cl)C=C1. The van der Waals surface area contributed by atoms with E-state index in [2.05, 4.69) is 0 Å². The van der Waals surface area contributed by atoms with Crippen molar-refractivity contribution in [1.29, 1.82) is 0 Å². The molecule has 0 aromatic heterocycles. The second-order valence-corrected chi connectivity index (χ2v) is 9.43. The Hall–Kier alpha value is 0.430. The highest BCUT2D eigenvalue weighted by Crippen LogP contribution is 2.33. The maximum atomic E-state index is 12.1. The van der Waals surface area contributed by atoms with Gasteiger partial charge in [0.1, 0.15) is 20.2 Å². The van der Waals surface area contributed by atoms with Crippen LogP contribution in [0.5, 0.6) is 0 Å². The van der Waals surface area contributed by atoms with Crippen molar-refractivity contribution in [3.05, 3.63) is 47.6 Å². The van der Waals surface area contributed by atoms with Crippen LogP contribution in [0.2, 0.25) is 0 Å². The maximum Gasteiger partial charge on any atom is 0.140 e. The average molecular weight is 372 g/mol. The minimum Gasteiger partial charge on any atom is -0.616 e. The zero-order valence-corrected chi connectivity index (χ0v) is 14.5. The van der Waals surface area contributed by atoms with Gasteiger partial charge in [0, 0.05) is 12.8 Å². The van der Waals surface area contributed by atoms with Gasteiger partial charge in [-0.1, -0.05) is 70.7 Å². The Bertz CT molecular complexity index is 447. The number of allylic oxidation sites excluding steroid dienone is 6. The highest BCUT2D eigenvalue weighted by atomic mass is 35.5. The molecule has 0 atom stereocenters. The smallest absolute Gasteiger partial charge is 0.140 e. The fraction of sp³-hybridized carbons (Fsp3) is 0.429. The highest BCUT2D eigenvalue weighted by molar-refractivity contribution is 7.91. The minimum absolute atomic E-state index is 0.498. The molecule has 0 spiro atoms. The molecular formula is C14H14Cl4OS. The molecule has 110 valence electrons. The molecule has 0 saturated carbocycles. The van der Waals surface area contributed by atoms with Gasteiger partial charge in [0.2, 0.25) is 0 Å². The predicted octanol–water partition coefficient (Wildman–Crippen LogP) is 4.86. The van der Waals surface area contributed by atoms with E-state index in [0.29, 0.717) is 24.3 Å². The fourth-order valence-electron chi connectivity index (χ4n) is 1.90. The van der Waals surface area contributed by atoms with Gasteiger partial charge < -0.3 is 4.55 Å². The van der Waals surface area contributed by atoms with Crippen LogP contribution in [0, 0.1) is 0 Å². The molecule has 6 heteroatoms. The molecule has 0 bridgehead atoms. The molecule has 0 unspecified atom stereocenters. The molecule has 1 nitrogen and oxygen atoms in total. The quantitative estimate of drug-likeness (QED) is 0.511. The van der Waals surface area contributed by atoms with Crippen LogP contribution in [-0.2, 0) is 11.2 Å². The van der Waals surface area contributed by atoms with E-state index in [0.717, 1.165) is 11.1 Å². The fourth-order valence-corrected chi connectivity index (χ4v) is 3.74. The van der Waals surface area contributed by atoms with Crippen LogP contribution in [0.25, 0.3) is 0 Å². The Labute approximate surface area is 142 Å². The molecule has 0 fully saturated rings. The molecule has 0 heterocycles. The molecule has 2 aliphatic carbocycles. The van der Waals surface area contributed by atoms with E-state index in [9.17, 15) is 4.55 Å². The largest absolute Gasteiger partial charge is 0.616 e. The van der Waals surface area contributed by atoms with Crippen molar-refractivity contribution < 1.29 is 4.55 Å².